The minimum Gasteiger partial charge on any atom is -0.347 e. The topological polar surface area (TPSA) is 62.5 Å². The number of hydrazone groups is 1. The normalized spacial score (nSPS) is 15.5. The number of rotatable bonds is 5. The third kappa shape index (κ3) is 4.15. The Balaban J connectivity index is 1.40. The van der Waals surface area contributed by atoms with Gasteiger partial charge in [-0.1, -0.05) is 80.6 Å². The zero-order valence-corrected chi connectivity index (χ0v) is 20.0. The first-order chi connectivity index (χ1) is 17.0. The molecule has 2 heterocycles. The van der Waals surface area contributed by atoms with Crippen LogP contribution in [0.15, 0.2) is 108 Å². The van der Waals surface area contributed by atoms with E-state index in [-0.39, 0.29) is 11.3 Å². The van der Waals surface area contributed by atoms with Gasteiger partial charge in [0.2, 0.25) is 0 Å². The van der Waals surface area contributed by atoms with Gasteiger partial charge in [-0.15, -0.1) is 0 Å². The number of hydrogen-bond donors (Lipinski definition) is 1. The molecule has 3 aromatic carbocycles. The van der Waals surface area contributed by atoms with Gasteiger partial charge in [-0.3, -0.25) is 4.79 Å². The van der Waals surface area contributed by atoms with E-state index >= 15 is 0 Å². The molecule has 4 aromatic rings. The zero-order chi connectivity index (χ0) is 24.4. The summed E-state index contributed by atoms with van der Waals surface area (Å²) in [5, 5.41) is 8.93. The summed E-state index contributed by atoms with van der Waals surface area (Å²) in [7, 11) is 2.05. The minimum absolute atomic E-state index is 0.154. The monoisotopic (exact) mass is 461 g/mol. The van der Waals surface area contributed by atoms with Crippen LogP contribution >= 0.6 is 0 Å². The molecule has 0 saturated carbocycles. The number of carbonyl (C=O) groups is 1. The highest BCUT2D eigenvalue weighted by atomic mass is 16.2. The molecule has 1 amide bonds. The van der Waals surface area contributed by atoms with E-state index in [0.29, 0.717) is 11.3 Å². The van der Waals surface area contributed by atoms with Gasteiger partial charge < -0.3 is 4.90 Å². The number of nitrogens with zero attached hydrogens (tertiary/aromatic N) is 4. The van der Waals surface area contributed by atoms with Gasteiger partial charge in [0, 0.05) is 41.8 Å². The van der Waals surface area contributed by atoms with E-state index in [0.717, 1.165) is 16.9 Å². The van der Waals surface area contributed by atoms with Crippen molar-refractivity contribution in [2.75, 3.05) is 11.9 Å². The van der Waals surface area contributed by atoms with Crippen molar-refractivity contribution in [1.82, 2.24) is 15.2 Å². The van der Waals surface area contributed by atoms with Gasteiger partial charge in [-0.25, -0.2) is 10.1 Å². The Labute approximate surface area is 205 Å². The van der Waals surface area contributed by atoms with Crippen LogP contribution in [0.25, 0.3) is 16.9 Å². The van der Waals surface area contributed by atoms with Crippen LogP contribution in [0.2, 0.25) is 0 Å². The fourth-order valence-corrected chi connectivity index (χ4v) is 4.63. The molecule has 174 valence electrons. The SMILES string of the molecule is CN1/C(=C\C=N/NC(=O)c2cn(-c3ccccc3)nc2-c2ccccc2)C(C)(C)c2ccccc21. The van der Waals surface area contributed by atoms with Crippen molar-refractivity contribution < 1.29 is 4.79 Å². The number of aromatic nitrogens is 2. The largest absolute Gasteiger partial charge is 0.347 e. The van der Waals surface area contributed by atoms with Crippen LogP contribution in [0, 0.1) is 0 Å². The van der Waals surface area contributed by atoms with E-state index in [1.807, 2.05) is 72.8 Å². The predicted molar refractivity (Wildman–Crippen MR) is 141 cm³/mol. The molecular formula is C29H27N5O. The number of allylic oxidation sites excluding steroid dienone is 2. The molecule has 0 atom stereocenters. The first kappa shape index (κ1) is 22.3. The molecule has 1 aliphatic rings. The summed E-state index contributed by atoms with van der Waals surface area (Å²) in [5.41, 5.74) is 8.89. The number of para-hydroxylation sites is 2. The second-order valence-corrected chi connectivity index (χ2v) is 9.01. The number of fused-ring (bicyclic) bond motifs is 1. The highest BCUT2D eigenvalue weighted by molar-refractivity contribution is 6.00. The standard InChI is InChI=1S/C29H27N5O/c1-29(2)24-16-10-11-17-25(24)33(3)26(29)18-19-30-31-28(35)23-20-34(22-14-8-5-9-15-22)32-27(23)21-12-6-4-7-13-21/h4-20H,1-3H3,(H,31,35)/b26-18-,30-19-. The van der Waals surface area contributed by atoms with Crippen LogP contribution in [0.3, 0.4) is 0 Å². The van der Waals surface area contributed by atoms with Crippen molar-refractivity contribution in [3.63, 3.8) is 0 Å². The van der Waals surface area contributed by atoms with Gasteiger partial charge in [-0.2, -0.15) is 10.2 Å². The Morgan fingerprint density at radius 1 is 0.943 bits per heavy atom. The van der Waals surface area contributed by atoms with Crippen LogP contribution < -0.4 is 10.3 Å². The highest BCUT2D eigenvalue weighted by Crippen LogP contribution is 2.46. The molecule has 0 bridgehead atoms. The summed E-state index contributed by atoms with van der Waals surface area (Å²) < 4.78 is 1.72. The molecule has 0 fully saturated rings. The van der Waals surface area contributed by atoms with Crippen molar-refractivity contribution in [1.29, 1.82) is 0 Å². The lowest BCUT2D eigenvalue weighted by Gasteiger charge is -2.23. The Bertz CT molecular complexity index is 1420. The second-order valence-electron chi connectivity index (χ2n) is 9.01. The number of amides is 1. The first-order valence-electron chi connectivity index (χ1n) is 11.5. The summed E-state index contributed by atoms with van der Waals surface area (Å²) >= 11 is 0. The van der Waals surface area contributed by atoms with Crippen molar-refractivity contribution in [2.24, 2.45) is 5.10 Å². The van der Waals surface area contributed by atoms with Crippen molar-refractivity contribution in [3.8, 4) is 16.9 Å². The van der Waals surface area contributed by atoms with E-state index in [2.05, 4.69) is 54.5 Å². The Hall–Kier alpha value is -4.45. The lowest BCUT2D eigenvalue weighted by molar-refractivity contribution is 0.0955. The maximum absolute atomic E-state index is 13.1. The van der Waals surface area contributed by atoms with Gasteiger partial charge in [-0.05, 0) is 29.8 Å². The van der Waals surface area contributed by atoms with E-state index in [1.54, 1.807) is 17.1 Å². The smallest absolute Gasteiger partial charge is 0.275 e. The quantitative estimate of drug-likeness (QED) is 0.312. The van der Waals surface area contributed by atoms with Crippen molar-refractivity contribution >= 4 is 17.8 Å². The Kier molecular flexibility index (Phi) is 5.79. The minimum atomic E-state index is -0.317. The number of nitrogens with one attached hydrogen (secondary N) is 1. The molecule has 1 aromatic heterocycles. The average Bonchev–Trinajstić information content (AvgIpc) is 3.42. The highest BCUT2D eigenvalue weighted by Gasteiger charge is 2.37. The molecule has 0 radical (unpaired) electrons. The predicted octanol–water partition coefficient (Wildman–Crippen LogP) is 5.57. The van der Waals surface area contributed by atoms with Crippen LogP contribution in [-0.2, 0) is 5.41 Å². The van der Waals surface area contributed by atoms with E-state index in [4.69, 9.17) is 5.10 Å². The Morgan fingerprint density at radius 3 is 2.31 bits per heavy atom. The molecule has 0 spiro atoms. The van der Waals surface area contributed by atoms with Crippen LogP contribution in [0.1, 0.15) is 29.8 Å². The van der Waals surface area contributed by atoms with Crippen LogP contribution in [0.5, 0.6) is 0 Å². The molecule has 0 unspecified atom stereocenters. The third-order valence-corrected chi connectivity index (χ3v) is 6.44. The van der Waals surface area contributed by atoms with Crippen LogP contribution in [-0.4, -0.2) is 28.9 Å². The summed E-state index contributed by atoms with van der Waals surface area (Å²) in [6, 6.07) is 27.8. The number of carbonyl (C=O) groups excluding carboxylic acids is 1. The molecule has 0 aliphatic carbocycles. The van der Waals surface area contributed by atoms with E-state index in [1.165, 1.54) is 11.3 Å². The average molecular weight is 462 g/mol. The maximum atomic E-state index is 13.1. The van der Waals surface area contributed by atoms with Crippen LogP contribution in [0.4, 0.5) is 5.69 Å². The number of hydrogen-bond acceptors (Lipinski definition) is 4. The molecule has 0 saturated heterocycles. The van der Waals surface area contributed by atoms with E-state index in [9.17, 15) is 4.79 Å². The van der Waals surface area contributed by atoms with Gasteiger partial charge in [0.1, 0.15) is 5.69 Å². The molecular weight excluding hydrogens is 434 g/mol. The molecule has 1 aliphatic heterocycles. The third-order valence-electron chi connectivity index (χ3n) is 6.44. The molecule has 6 nitrogen and oxygen atoms in total. The fourth-order valence-electron chi connectivity index (χ4n) is 4.63. The number of likely N-dealkylation sites (N-methyl/N-ethyl adjacent to an activating group) is 1. The van der Waals surface area contributed by atoms with Crippen molar-refractivity contribution in [2.45, 2.75) is 19.3 Å². The molecule has 5 rings (SSSR count). The maximum Gasteiger partial charge on any atom is 0.275 e. The number of anilines is 1. The van der Waals surface area contributed by atoms with Gasteiger partial charge in [0.15, 0.2) is 0 Å². The summed E-state index contributed by atoms with van der Waals surface area (Å²) in [5.74, 6) is -0.317. The lowest BCUT2D eigenvalue weighted by Crippen LogP contribution is -2.23. The fraction of sp³-hybridized carbons (Fsp3) is 0.138. The first-order valence-corrected chi connectivity index (χ1v) is 11.5. The summed E-state index contributed by atoms with van der Waals surface area (Å²) in [6.45, 7) is 4.38. The second kappa shape index (κ2) is 9.06. The molecule has 6 heteroatoms. The molecule has 35 heavy (non-hydrogen) atoms. The van der Waals surface area contributed by atoms with Gasteiger partial charge >= 0.3 is 0 Å². The number of benzene rings is 3. The van der Waals surface area contributed by atoms with Crippen molar-refractivity contribution in [3.05, 3.63) is 114 Å². The van der Waals surface area contributed by atoms with Gasteiger partial charge in [0.05, 0.1) is 11.3 Å². The summed E-state index contributed by atoms with van der Waals surface area (Å²) in [6.07, 6.45) is 5.33. The summed E-state index contributed by atoms with van der Waals surface area (Å²) in [4.78, 5) is 15.3. The lowest BCUT2D eigenvalue weighted by atomic mass is 9.84. The van der Waals surface area contributed by atoms with Gasteiger partial charge in [0.25, 0.3) is 5.91 Å². The molecule has 1 N–H and O–H groups in total. The zero-order valence-electron chi connectivity index (χ0n) is 20.0. The Morgan fingerprint density at radius 2 is 1.60 bits per heavy atom. The van der Waals surface area contributed by atoms with E-state index < -0.39 is 0 Å².